The minimum atomic E-state index is -4.73. The third kappa shape index (κ3) is 5.11. The molecule has 1 aromatic heterocycles. The van der Waals surface area contributed by atoms with E-state index in [-0.39, 0.29) is 28.9 Å². The van der Waals surface area contributed by atoms with Crippen molar-refractivity contribution in [3.05, 3.63) is 40.7 Å². The van der Waals surface area contributed by atoms with Gasteiger partial charge < -0.3 is 14.5 Å². The summed E-state index contributed by atoms with van der Waals surface area (Å²) in [5.41, 5.74) is 1.39. The first-order chi connectivity index (χ1) is 13.7. The highest BCUT2D eigenvalue weighted by molar-refractivity contribution is 6.31. The van der Waals surface area contributed by atoms with Gasteiger partial charge in [0.1, 0.15) is 24.7 Å². The van der Waals surface area contributed by atoms with E-state index in [1.807, 2.05) is 4.90 Å². The van der Waals surface area contributed by atoms with Crippen LogP contribution >= 0.6 is 11.6 Å². The van der Waals surface area contributed by atoms with E-state index in [1.54, 1.807) is 24.0 Å². The summed E-state index contributed by atoms with van der Waals surface area (Å²) >= 11 is 5.99. The van der Waals surface area contributed by atoms with Gasteiger partial charge in [0.25, 0.3) is 0 Å². The number of alkyl halides is 4. The zero-order valence-electron chi connectivity index (χ0n) is 15.5. The average molecular weight is 435 g/mol. The van der Waals surface area contributed by atoms with Crippen LogP contribution in [0.1, 0.15) is 11.4 Å². The molecule has 2 aromatic rings. The van der Waals surface area contributed by atoms with E-state index < -0.39 is 13.0 Å². The second-order valence-electron chi connectivity index (χ2n) is 6.55. The number of amides is 1. The molecule has 0 spiro atoms. The fourth-order valence-corrected chi connectivity index (χ4v) is 3.31. The van der Waals surface area contributed by atoms with Crippen molar-refractivity contribution in [2.75, 3.05) is 31.1 Å². The molecular formula is C18H19ClF4N4O2. The Hall–Kier alpha value is -2.49. The Labute approximate surface area is 169 Å². The minimum absolute atomic E-state index is 0.0327. The molecule has 0 bridgehead atoms. The van der Waals surface area contributed by atoms with E-state index >= 15 is 0 Å². The molecule has 1 saturated heterocycles. The van der Waals surface area contributed by atoms with Gasteiger partial charge in [0.15, 0.2) is 0 Å². The molecule has 0 unspecified atom stereocenters. The number of piperazine rings is 1. The van der Waals surface area contributed by atoms with E-state index in [0.717, 1.165) is 5.69 Å². The number of carbonyl (C=O) groups is 1. The molecule has 29 heavy (non-hydrogen) atoms. The molecule has 1 amide bonds. The number of halogens is 5. The van der Waals surface area contributed by atoms with Crippen LogP contribution in [0.2, 0.25) is 5.02 Å². The number of benzene rings is 1. The molecule has 1 aromatic carbocycles. The molecule has 6 nitrogen and oxygen atoms in total. The van der Waals surface area contributed by atoms with Crippen molar-refractivity contribution in [3.8, 4) is 5.75 Å². The Morgan fingerprint density at radius 2 is 1.79 bits per heavy atom. The SMILES string of the molecule is Cc1c(Cl)c(CF)nn1CC(=O)N1CCN(c2ccc(OC(F)(F)F)cc2)CC1. The molecule has 2 heterocycles. The molecule has 158 valence electrons. The monoisotopic (exact) mass is 434 g/mol. The highest BCUT2D eigenvalue weighted by Crippen LogP contribution is 2.26. The van der Waals surface area contributed by atoms with Crippen LogP contribution in [0.4, 0.5) is 23.2 Å². The lowest BCUT2D eigenvalue weighted by Gasteiger charge is -2.36. The van der Waals surface area contributed by atoms with E-state index in [9.17, 15) is 22.4 Å². The number of hydrogen-bond acceptors (Lipinski definition) is 4. The molecule has 1 fully saturated rings. The molecule has 0 radical (unpaired) electrons. The maximum Gasteiger partial charge on any atom is 0.573 e. The van der Waals surface area contributed by atoms with Gasteiger partial charge in [0.05, 0.1) is 10.7 Å². The first-order valence-electron chi connectivity index (χ1n) is 8.84. The predicted octanol–water partition coefficient (Wildman–Crippen LogP) is 3.56. The summed E-state index contributed by atoms with van der Waals surface area (Å²) in [6, 6.07) is 5.61. The Morgan fingerprint density at radius 1 is 1.17 bits per heavy atom. The van der Waals surface area contributed by atoms with Gasteiger partial charge in [0.2, 0.25) is 5.91 Å². The second kappa shape index (κ2) is 8.48. The standard InChI is InChI=1S/C18H19ClF4N4O2/c1-12-17(19)15(10-20)24-27(12)11-16(28)26-8-6-25(7-9-26)13-2-4-14(5-3-13)29-18(21,22)23/h2-5H,6-11H2,1H3. The number of nitrogens with zero attached hydrogens (tertiary/aromatic N) is 4. The van der Waals surface area contributed by atoms with Crippen molar-refractivity contribution in [2.45, 2.75) is 26.5 Å². The van der Waals surface area contributed by atoms with E-state index in [4.69, 9.17) is 11.6 Å². The van der Waals surface area contributed by atoms with Gasteiger partial charge >= 0.3 is 6.36 Å². The highest BCUT2D eigenvalue weighted by atomic mass is 35.5. The van der Waals surface area contributed by atoms with Crippen LogP contribution in [0.25, 0.3) is 0 Å². The van der Waals surface area contributed by atoms with Crippen LogP contribution in [0.15, 0.2) is 24.3 Å². The third-order valence-electron chi connectivity index (χ3n) is 4.68. The Bertz CT molecular complexity index is 862. The van der Waals surface area contributed by atoms with Crippen LogP contribution in [-0.2, 0) is 18.0 Å². The Kier molecular flexibility index (Phi) is 6.21. The van der Waals surface area contributed by atoms with Gasteiger partial charge in [-0.2, -0.15) is 5.10 Å². The van der Waals surface area contributed by atoms with Gasteiger partial charge in [0, 0.05) is 31.9 Å². The maximum absolute atomic E-state index is 12.9. The quantitative estimate of drug-likeness (QED) is 0.675. The molecule has 0 aliphatic carbocycles. The summed E-state index contributed by atoms with van der Waals surface area (Å²) in [5, 5.41) is 4.24. The topological polar surface area (TPSA) is 50.6 Å². The molecule has 1 aliphatic rings. The predicted molar refractivity (Wildman–Crippen MR) is 98.7 cm³/mol. The number of carbonyl (C=O) groups excluding carboxylic acids is 1. The Morgan fingerprint density at radius 3 is 2.31 bits per heavy atom. The number of rotatable bonds is 5. The summed E-state index contributed by atoms with van der Waals surface area (Å²) in [6.07, 6.45) is -4.73. The van der Waals surface area contributed by atoms with Crippen LogP contribution in [0.3, 0.4) is 0 Å². The number of aromatic nitrogens is 2. The van der Waals surface area contributed by atoms with Crippen molar-refractivity contribution in [2.24, 2.45) is 0 Å². The summed E-state index contributed by atoms with van der Waals surface area (Å²) in [4.78, 5) is 16.2. The van der Waals surface area contributed by atoms with Gasteiger partial charge in [-0.05, 0) is 31.2 Å². The maximum atomic E-state index is 12.9. The van der Waals surface area contributed by atoms with Crippen LogP contribution in [0.5, 0.6) is 5.75 Å². The van der Waals surface area contributed by atoms with Crippen molar-refractivity contribution in [1.82, 2.24) is 14.7 Å². The van der Waals surface area contributed by atoms with Crippen molar-refractivity contribution in [1.29, 1.82) is 0 Å². The fourth-order valence-electron chi connectivity index (χ4n) is 3.13. The van der Waals surface area contributed by atoms with Gasteiger partial charge in [-0.3, -0.25) is 9.48 Å². The summed E-state index contributed by atoms with van der Waals surface area (Å²) in [7, 11) is 0. The van der Waals surface area contributed by atoms with Gasteiger partial charge in [-0.15, -0.1) is 13.2 Å². The van der Waals surface area contributed by atoms with Crippen LogP contribution in [-0.4, -0.2) is 53.1 Å². The number of ether oxygens (including phenoxy) is 1. The smallest absolute Gasteiger partial charge is 0.406 e. The van der Waals surface area contributed by atoms with Crippen molar-refractivity contribution in [3.63, 3.8) is 0 Å². The minimum Gasteiger partial charge on any atom is -0.406 e. The van der Waals surface area contributed by atoms with Gasteiger partial charge in [-0.25, -0.2) is 4.39 Å². The lowest BCUT2D eigenvalue weighted by Crippen LogP contribution is -2.49. The molecule has 1 aliphatic heterocycles. The zero-order chi connectivity index (χ0) is 21.2. The zero-order valence-corrected chi connectivity index (χ0v) is 16.3. The Balaban J connectivity index is 1.55. The highest BCUT2D eigenvalue weighted by Gasteiger charge is 2.31. The average Bonchev–Trinajstić information content (AvgIpc) is 2.95. The van der Waals surface area contributed by atoms with Gasteiger partial charge in [-0.1, -0.05) is 11.6 Å². The molecule has 0 atom stereocenters. The molecule has 0 N–H and O–H groups in total. The second-order valence-corrected chi connectivity index (χ2v) is 6.92. The lowest BCUT2D eigenvalue weighted by molar-refractivity contribution is -0.274. The molecular weight excluding hydrogens is 416 g/mol. The van der Waals surface area contributed by atoms with Crippen LogP contribution in [0, 0.1) is 6.92 Å². The normalized spacial score (nSPS) is 15.0. The summed E-state index contributed by atoms with van der Waals surface area (Å²) in [5.74, 6) is -0.442. The summed E-state index contributed by atoms with van der Waals surface area (Å²) < 4.78 is 54.8. The van der Waals surface area contributed by atoms with E-state index in [0.29, 0.717) is 31.9 Å². The number of hydrogen-bond donors (Lipinski definition) is 0. The first-order valence-corrected chi connectivity index (χ1v) is 9.22. The molecule has 11 heteroatoms. The summed E-state index contributed by atoms with van der Waals surface area (Å²) in [6.45, 7) is 2.79. The van der Waals surface area contributed by atoms with E-state index in [1.165, 1.54) is 16.8 Å². The van der Waals surface area contributed by atoms with Crippen molar-refractivity contribution >= 4 is 23.2 Å². The largest absolute Gasteiger partial charge is 0.573 e. The third-order valence-corrected chi connectivity index (χ3v) is 5.17. The van der Waals surface area contributed by atoms with Crippen LogP contribution < -0.4 is 9.64 Å². The number of anilines is 1. The molecule has 3 rings (SSSR count). The fraction of sp³-hybridized carbons (Fsp3) is 0.444. The first kappa shape index (κ1) is 21.2. The van der Waals surface area contributed by atoms with E-state index in [2.05, 4.69) is 9.84 Å². The molecule has 0 saturated carbocycles. The lowest BCUT2D eigenvalue weighted by atomic mass is 10.2. The van der Waals surface area contributed by atoms with Crippen molar-refractivity contribution < 1.29 is 27.1 Å².